The summed E-state index contributed by atoms with van der Waals surface area (Å²) in [6.45, 7) is 3.94. The zero-order valence-electron chi connectivity index (χ0n) is 14.0. The first-order valence-electron chi connectivity index (χ1n) is 8.56. The molecule has 1 N–H and O–H groups in total. The zero-order chi connectivity index (χ0) is 16.2. The minimum atomic E-state index is 0.107. The molecule has 122 valence electrons. The molecule has 23 heavy (non-hydrogen) atoms. The van der Waals surface area contributed by atoms with Gasteiger partial charge in [0.1, 0.15) is 0 Å². The summed E-state index contributed by atoms with van der Waals surface area (Å²) in [5.74, 6) is 0.852. The molecule has 1 aliphatic carbocycles. The molecular formula is C19H25N3O. The standard InChI is InChI=1S/C19H25N3O/c1-14-19(20-18(23)13-12-16-8-6-7-9-16)15(2)22(21-14)17-10-4-3-5-11-17/h3-5,10-11,16H,6-9,12-13H2,1-2H3,(H,20,23). The van der Waals surface area contributed by atoms with E-state index in [9.17, 15) is 4.79 Å². The number of para-hydroxylation sites is 1. The Morgan fingerprint density at radius 3 is 2.61 bits per heavy atom. The van der Waals surface area contributed by atoms with E-state index in [-0.39, 0.29) is 5.91 Å². The molecule has 2 aromatic rings. The monoisotopic (exact) mass is 311 g/mol. The van der Waals surface area contributed by atoms with Crippen molar-refractivity contribution in [2.45, 2.75) is 52.4 Å². The van der Waals surface area contributed by atoms with Crippen molar-refractivity contribution in [1.29, 1.82) is 0 Å². The fourth-order valence-electron chi connectivity index (χ4n) is 3.48. The fraction of sp³-hybridized carbons (Fsp3) is 0.474. The van der Waals surface area contributed by atoms with E-state index in [1.54, 1.807) is 0 Å². The average Bonchev–Trinajstić information content (AvgIpc) is 3.17. The van der Waals surface area contributed by atoms with E-state index in [1.165, 1.54) is 25.7 Å². The molecule has 0 radical (unpaired) electrons. The number of hydrogen-bond acceptors (Lipinski definition) is 2. The SMILES string of the molecule is Cc1nn(-c2ccccc2)c(C)c1NC(=O)CCC1CCCC1. The van der Waals surface area contributed by atoms with Crippen LogP contribution in [0.25, 0.3) is 5.69 Å². The Morgan fingerprint density at radius 1 is 1.22 bits per heavy atom. The smallest absolute Gasteiger partial charge is 0.224 e. The molecule has 3 rings (SSSR count). The largest absolute Gasteiger partial charge is 0.323 e. The lowest BCUT2D eigenvalue weighted by molar-refractivity contribution is -0.116. The number of hydrogen-bond donors (Lipinski definition) is 1. The van der Waals surface area contributed by atoms with E-state index in [4.69, 9.17) is 0 Å². The second kappa shape index (κ2) is 6.99. The molecule has 0 atom stereocenters. The predicted molar refractivity (Wildman–Crippen MR) is 92.9 cm³/mol. The van der Waals surface area contributed by atoms with Crippen molar-refractivity contribution in [3.8, 4) is 5.69 Å². The number of benzene rings is 1. The van der Waals surface area contributed by atoms with Gasteiger partial charge in [0, 0.05) is 6.42 Å². The van der Waals surface area contributed by atoms with E-state index in [0.717, 1.165) is 35.1 Å². The third kappa shape index (κ3) is 3.63. The minimum absolute atomic E-state index is 0.107. The Bertz CT molecular complexity index is 669. The van der Waals surface area contributed by atoms with Gasteiger partial charge < -0.3 is 5.32 Å². The molecule has 1 saturated carbocycles. The summed E-state index contributed by atoms with van der Waals surface area (Å²) in [6.07, 6.45) is 6.86. The molecule has 0 unspecified atom stereocenters. The Labute approximate surface area is 137 Å². The van der Waals surface area contributed by atoms with Gasteiger partial charge in [-0.15, -0.1) is 0 Å². The van der Waals surface area contributed by atoms with Gasteiger partial charge in [-0.05, 0) is 38.3 Å². The number of carbonyl (C=O) groups is 1. The van der Waals surface area contributed by atoms with Crippen molar-refractivity contribution in [2.75, 3.05) is 5.32 Å². The highest BCUT2D eigenvalue weighted by Crippen LogP contribution is 2.29. The van der Waals surface area contributed by atoms with Crippen LogP contribution in [0, 0.1) is 19.8 Å². The number of anilines is 1. The Morgan fingerprint density at radius 2 is 1.91 bits per heavy atom. The van der Waals surface area contributed by atoms with Gasteiger partial charge >= 0.3 is 0 Å². The third-order valence-electron chi connectivity index (χ3n) is 4.81. The number of carbonyl (C=O) groups excluding carboxylic acids is 1. The van der Waals surface area contributed by atoms with Gasteiger partial charge in [0.25, 0.3) is 0 Å². The van der Waals surface area contributed by atoms with E-state index >= 15 is 0 Å². The van der Waals surface area contributed by atoms with E-state index < -0.39 is 0 Å². The van der Waals surface area contributed by atoms with E-state index in [1.807, 2.05) is 48.9 Å². The summed E-state index contributed by atoms with van der Waals surface area (Å²) < 4.78 is 1.89. The predicted octanol–water partition coefficient (Wildman–Crippen LogP) is 4.40. The molecular weight excluding hydrogens is 286 g/mol. The Kier molecular flexibility index (Phi) is 4.79. The van der Waals surface area contributed by atoms with Gasteiger partial charge in [0.05, 0.1) is 22.8 Å². The van der Waals surface area contributed by atoms with Crippen LogP contribution in [-0.4, -0.2) is 15.7 Å². The van der Waals surface area contributed by atoms with Crippen LogP contribution in [-0.2, 0) is 4.79 Å². The number of aryl methyl sites for hydroxylation is 1. The first kappa shape index (κ1) is 15.8. The van der Waals surface area contributed by atoms with Gasteiger partial charge in [-0.3, -0.25) is 4.79 Å². The number of rotatable bonds is 5. The first-order chi connectivity index (χ1) is 11.1. The van der Waals surface area contributed by atoms with Gasteiger partial charge in [-0.1, -0.05) is 43.9 Å². The van der Waals surface area contributed by atoms with Crippen LogP contribution < -0.4 is 5.32 Å². The number of amides is 1. The second-order valence-electron chi connectivity index (χ2n) is 6.53. The molecule has 0 spiro atoms. The topological polar surface area (TPSA) is 46.9 Å². The number of nitrogens with one attached hydrogen (secondary N) is 1. The van der Waals surface area contributed by atoms with Crippen molar-refractivity contribution in [3.05, 3.63) is 41.7 Å². The molecule has 0 saturated heterocycles. The second-order valence-corrected chi connectivity index (χ2v) is 6.53. The zero-order valence-corrected chi connectivity index (χ0v) is 14.0. The molecule has 1 amide bonds. The maximum absolute atomic E-state index is 12.3. The first-order valence-corrected chi connectivity index (χ1v) is 8.56. The molecule has 1 fully saturated rings. The van der Waals surface area contributed by atoms with Crippen molar-refractivity contribution in [2.24, 2.45) is 5.92 Å². The molecule has 1 aromatic heterocycles. The molecule has 4 nitrogen and oxygen atoms in total. The van der Waals surface area contributed by atoms with Crippen LogP contribution in [0.4, 0.5) is 5.69 Å². The molecule has 1 aliphatic rings. The van der Waals surface area contributed by atoms with Crippen LogP contribution in [0.3, 0.4) is 0 Å². The normalized spacial score (nSPS) is 15.0. The number of nitrogens with zero attached hydrogens (tertiary/aromatic N) is 2. The quantitative estimate of drug-likeness (QED) is 0.889. The van der Waals surface area contributed by atoms with Crippen molar-refractivity contribution >= 4 is 11.6 Å². The lowest BCUT2D eigenvalue weighted by Crippen LogP contribution is -2.14. The Balaban J connectivity index is 1.68. The maximum Gasteiger partial charge on any atom is 0.224 e. The highest BCUT2D eigenvalue weighted by molar-refractivity contribution is 5.92. The van der Waals surface area contributed by atoms with Crippen LogP contribution in [0.15, 0.2) is 30.3 Å². The summed E-state index contributed by atoms with van der Waals surface area (Å²) in [5.41, 5.74) is 3.70. The lowest BCUT2D eigenvalue weighted by Gasteiger charge is -2.10. The van der Waals surface area contributed by atoms with Gasteiger partial charge in [-0.25, -0.2) is 4.68 Å². The van der Waals surface area contributed by atoms with Crippen molar-refractivity contribution in [3.63, 3.8) is 0 Å². The summed E-state index contributed by atoms with van der Waals surface area (Å²) >= 11 is 0. The lowest BCUT2D eigenvalue weighted by atomic mass is 10.0. The van der Waals surface area contributed by atoms with Crippen LogP contribution >= 0.6 is 0 Å². The van der Waals surface area contributed by atoms with Gasteiger partial charge in [-0.2, -0.15) is 5.10 Å². The highest BCUT2D eigenvalue weighted by Gasteiger charge is 2.18. The van der Waals surface area contributed by atoms with Crippen molar-refractivity contribution < 1.29 is 4.79 Å². The summed E-state index contributed by atoms with van der Waals surface area (Å²) in [4.78, 5) is 12.3. The van der Waals surface area contributed by atoms with E-state index in [2.05, 4.69) is 10.4 Å². The van der Waals surface area contributed by atoms with Crippen LogP contribution in [0.1, 0.15) is 49.9 Å². The molecule has 1 heterocycles. The fourth-order valence-corrected chi connectivity index (χ4v) is 3.48. The van der Waals surface area contributed by atoms with Crippen LogP contribution in [0.5, 0.6) is 0 Å². The third-order valence-corrected chi connectivity index (χ3v) is 4.81. The summed E-state index contributed by atoms with van der Waals surface area (Å²) in [7, 11) is 0. The maximum atomic E-state index is 12.3. The van der Waals surface area contributed by atoms with Gasteiger partial charge in [0.15, 0.2) is 0 Å². The van der Waals surface area contributed by atoms with E-state index in [0.29, 0.717) is 6.42 Å². The molecule has 0 aliphatic heterocycles. The summed E-state index contributed by atoms with van der Waals surface area (Å²) in [5, 5.41) is 7.64. The average molecular weight is 311 g/mol. The molecule has 0 bridgehead atoms. The van der Waals surface area contributed by atoms with Crippen LogP contribution in [0.2, 0.25) is 0 Å². The molecule has 4 heteroatoms. The Hall–Kier alpha value is -2.10. The minimum Gasteiger partial charge on any atom is -0.323 e. The molecule has 1 aromatic carbocycles. The van der Waals surface area contributed by atoms with Gasteiger partial charge in [0.2, 0.25) is 5.91 Å². The highest BCUT2D eigenvalue weighted by atomic mass is 16.1. The van der Waals surface area contributed by atoms with Crippen molar-refractivity contribution in [1.82, 2.24) is 9.78 Å². The summed E-state index contributed by atoms with van der Waals surface area (Å²) in [6, 6.07) is 10.0. The number of aromatic nitrogens is 2.